The summed E-state index contributed by atoms with van der Waals surface area (Å²) in [5, 5.41) is 16.0. The molecule has 0 atom stereocenters. The van der Waals surface area contributed by atoms with Gasteiger partial charge < -0.3 is 8.83 Å². The Morgan fingerprint density at radius 1 is 0.562 bits per heavy atom. The number of aromatic nitrogens is 5. The van der Waals surface area contributed by atoms with Crippen LogP contribution < -0.4 is 0 Å². The first-order valence-corrected chi connectivity index (χ1v) is 9.67. The van der Waals surface area contributed by atoms with Crippen LogP contribution in [0.3, 0.4) is 0 Å². The largest absolute Gasteiger partial charge is 0.416 e. The van der Waals surface area contributed by atoms with Crippen molar-refractivity contribution in [3.8, 4) is 45.8 Å². The first-order valence-electron chi connectivity index (χ1n) is 9.67. The molecule has 0 aliphatic carbocycles. The van der Waals surface area contributed by atoms with Gasteiger partial charge in [0.1, 0.15) is 11.6 Å². The average Bonchev–Trinajstić information content (AvgIpc) is 3.45. The van der Waals surface area contributed by atoms with Crippen LogP contribution in [0.25, 0.3) is 45.8 Å². The van der Waals surface area contributed by atoms with Crippen LogP contribution in [-0.2, 0) is 0 Å². The number of rotatable bonds is 4. The lowest BCUT2D eigenvalue weighted by molar-refractivity contribution is 0.568. The summed E-state index contributed by atoms with van der Waals surface area (Å²) < 4.78 is 39.6. The molecule has 0 fully saturated rings. The minimum atomic E-state index is -0.464. The molecule has 32 heavy (non-hydrogen) atoms. The van der Waals surface area contributed by atoms with Gasteiger partial charge in [-0.2, -0.15) is 0 Å². The van der Waals surface area contributed by atoms with E-state index in [-0.39, 0.29) is 34.7 Å². The van der Waals surface area contributed by atoms with E-state index in [1.807, 2.05) is 0 Å². The van der Waals surface area contributed by atoms with Crippen molar-refractivity contribution < 1.29 is 17.6 Å². The number of pyridine rings is 1. The molecule has 0 aliphatic rings. The monoisotopic (exact) mass is 431 g/mol. The SMILES string of the molecule is Cc1nc(C)c(-c2nnc(-c3ccccc3F)o2)cc1-c1nnc(-c2ccccc2F)o1. The lowest BCUT2D eigenvalue weighted by Gasteiger charge is -2.06. The fourth-order valence-electron chi connectivity index (χ4n) is 3.31. The molecule has 0 saturated heterocycles. The Morgan fingerprint density at radius 3 is 1.34 bits per heavy atom. The first kappa shape index (κ1) is 19.7. The van der Waals surface area contributed by atoms with E-state index in [0.29, 0.717) is 22.5 Å². The molecule has 0 radical (unpaired) electrons. The number of nitrogens with zero attached hydrogens (tertiary/aromatic N) is 5. The fraction of sp³-hybridized carbons (Fsp3) is 0.0870. The van der Waals surface area contributed by atoms with Crippen molar-refractivity contribution in [2.75, 3.05) is 0 Å². The highest BCUT2D eigenvalue weighted by molar-refractivity contribution is 5.69. The lowest BCUT2D eigenvalue weighted by atomic mass is 10.1. The van der Waals surface area contributed by atoms with Gasteiger partial charge in [0.15, 0.2) is 0 Å². The summed E-state index contributed by atoms with van der Waals surface area (Å²) in [5.41, 5.74) is 2.73. The number of hydrogen-bond acceptors (Lipinski definition) is 7. The number of aryl methyl sites for hydroxylation is 2. The van der Waals surface area contributed by atoms with Gasteiger partial charge in [0, 0.05) is 0 Å². The molecular weight excluding hydrogens is 416 g/mol. The summed E-state index contributed by atoms with van der Waals surface area (Å²) in [4.78, 5) is 4.52. The zero-order valence-corrected chi connectivity index (χ0v) is 17.0. The van der Waals surface area contributed by atoms with Gasteiger partial charge in [-0.15, -0.1) is 20.4 Å². The lowest BCUT2D eigenvalue weighted by Crippen LogP contribution is -1.95. The minimum absolute atomic E-state index is 0.0549. The Hall–Kier alpha value is -4.27. The molecule has 7 nitrogen and oxygen atoms in total. The average molecular weight is 431 g/mol. The van der Waals surface area contributed by atoms with Crippen molar-refractivity contribution in [2.45, 2.75) is 13.8 Å². The zero-order chi connectivity index (χ0) is 22.2. The summed E-state index contributed by atoms with van der Waals surface area (Å²) in [6.07, 6.45) is 0. The molecule has 0 bridgehead atoms. The smallest absolute Gasteiger partial charge is 0.251 e. The molecule has 2 aromatic carbocycles. The summed E-state index contributed by atoms with van der Waals surface area (Å²) in [6.45, 7) is 3.58. The second kappa shape index (κ2) is 7.77. The van der Waals surface area contributed by atoms with Crippen LogP contribution in [-0.4, -0.2) is 25.4 Å². The molecule has 3 aromatic heterocycles. The molecule has 0 spiro atoms. The highest BCUT2D eigenvalue weighted by atomic mass is 19.1. The Morgan fingerprint density at radius 2 is 0.938 bits per heavy atom. The number of benzene rings is 2. The predicted octanol–water partition coefficient (Wildman–Crippen LogP) is 5.41. The molecule has 0 aliphatic heterocycles. The Balaban J connectivity index is 1.55. The van der Waals surface area contributed by atoms with E-state index in [1.165, 1.54) is 12.1 Å². The van der Waals surface area contributed by atoms with Gasteiger partial charge >= 0.3 is 0 Å². The molecule has 5 rings (SSSR count). The van der Waals surface area contributed by atoms with Gasteiger partial charge in [-0.05, 0) is 44.2 Å². The summed E-state index contributed by atoms with van der Waals surface area (Å²) in [6, 6.07) is 14.0. The predicted molar refractivity (Wildman–Crippen MR) is 111 cm³/mol. The van der Waals surface area contributed by atoms with Gasteiger partial charge in [0.25, 0.3) is 11.8 Å². The van der Waals surface area contributed by atoms with Crippen molar-refractivity contribution in [2.24, 2.45) is 0 Å². The Kier molecular flexibility index (Phi) is 4.78. The van der Waals surface area contributed by atoms with Crippen molar-refractivity contribution in [1.29, 1.82) is 0 Å². The van der Waals surface area contributed by atoms with E-state index in [9.17, 15) is 8.78 Å². The fourth-order valence-corrected chi connectivity index (χ4v) is 3.31. The summed E-state index contributed by atoms with van der Waals surface area (Å²) in [7, 11) is 0. The molecular formula is C23H15F2N5O2. The maximum atomic E-state index is 14.1. The molecule has 0 saturated carbocycles. The van der Waals surface area contributed by atoms with Crippen molar-refractivity contribution in [1.82, 2.24) is 25.4 Å². The molecule has 158 valence electrons. The maximum Gasteiger partial charge on any atom is 0.251 e. The zero-order valence-electron chi connectivity index (χ0n) is 17.0. The van der Waals surface area contributed by atoms with E-state index < -0.39 is 11.6 Å². The van der Waals surface area contributed by atoms with E-state index >= 15 is 0 Å². The molecule has 5 aromatic rings. The molecule has 0 unspecified atom stereocenters. The van der Waals surface area contributed by atoms with Gasteiger partial charge in [0.2, 0.25) is 11.8 Å². The third-order valence-electron chi connectivity index (χ3n) is 4.92. The summed E-state index contributed by atoms with van der Waals surface area (Å²) >= 11 is 0. The van der Waals surface area contributed by atoms with Crippen LogP contribution in [0.5, 0.6) is 0 Å². The Labute approximate surface area is 180 Å². The van der Waals surface area contributed by atoms with Crippen LogP contribution in [0.4, 0.5) is 8.78 Å². The third-order valence-corrected chi connectivity index (χ3v) is 4.92. The Bertz CT molecular complexity index is 1340. The van der Waals surface area contributed by atoms with Crippen molar-refractivity contribution >= 4 is 0 Å². The molecule has 0 N–H and O–H groups in total. The topological polar surface area (TPSA) is 90.7 Å². The highest BCUT2D eigenvalue weighted by Gasteiger charge is 2.21. The van der Waals surface area contributed by atoms with Crippen molar-refractivity contribution in [3.63, 3.8) is 0 Å². The van der Waals surface area contributed by atoms with Crippen LogP contribution in [0.2, 0.25) is 0 Å². The highest BCUT2D eigenvalue weighted by Crippen LogP contribution is 2.32. The standard InChI is InChI=1S/C23H15F2N5O2/c1-12-16(22-29-27-20(31-22)14-7-3-5-9-18(14)24)11-17(13(2)26-12)23-30-28-21(32-23)15-8-4-6-10-19(15)25/h3-11H,1-2H3. The molecule has 0 amide bonds. The van der Waals surface area contributed by atoms with E-state index in [4.69, 9.17) is 8.83 Å². The van der Waals surface area contributed by atoms with E-state index in [2.05, 4.69) is 25.4 Å². The minimum Gasteiger partial charge on any atom is -0.416 e. The quantitative estimate of drug-likeness (QED) is 0.376. The van der Waals surface area contributed by atoms with Gasteiger partial charge in [-0.25, -0.2) is 8.78 Å². The van der Waals surface area contributed by atoms with Gasteiger partial charge in [-0.3, -0.25) is 4.98 Å². The van der Waals surface area contributed by atoms with E-state index in [0.717, 1.165) is 0 Å². The summed E-state index contributed by atoms with van der Waals surface area (Å²) in [5.74, 6) is -0.479. The molecule has 3 heterocycles. The van der Waals surface area contributed by atoms with Crippen molar-refractivity contribution in [3.05, 3.63) is 77.6 Å². The number of hydrogen-bond donors (Lipinski definition) is 0. The van der Waals surface area contributed by atoms with Gasteiger partial charge in [0.05, 0.1) is 33.6 Å². The van der Waals surface area contributed by atoms with Crippen LogP contribution in [0, 0.1) is 25.5 Å². The van der Waals surface area contributed by atoms with Gasteiger partial charge in [-0.1, -0.05) is 24.3 Å². The van der Waals surface area contributed by atoms with Crippen LogP contribution in [0.1, 0.15) is 11.4 Å². The second-order valence-corrected chi connectivity index (χ2v) is 7.04. The molecule has 9 heteroatoms. The maximum absolute atomic E-state index is 14.1. The van der Waals surface area contributed by atoms with Crippen LogP contribution >= 0.6 is 0 Å². The number of halogens is 2. The normalized spacial score (nSPS) is 11.1. The van der Waals surface area contributed by atoms with Crippen LogP contribution in [0.15, 0.2) is 63.4 Å². The first-order chi connectivity index (χ1) is 15.5. The second-order valence-electron chi connectivity index (χ2n) is 7.04. The third kappa shape index (κ3) is 3.43. The van der Waals surface area contributed by atoms with E-state index in [1.54, 1.807) is 56.3 Å².